The lowest BCUT2D eigenvalue weighted by Gasteiger charge is -2.22. The van der Waals surface area contributed by atoms with Gasteiger partial charge < -0.3 is 9.88 Å². The van der Waals surface area contributed by atoms with Crippen LogP contribution < -0.4 is 5.32 Å². The van der Waals surface area contributed by atoms with Crippen molar-refractivity contribution in [2.75, 3.05) is 5.32 Å². The molecule has 1 heterocycles. The minimum absolute atomic E-state index is 0.00720. The fourth-order valence-corrected chi connectivity index (χ4v) is 4.70. The summed E-state index contributed by atoms with van der Waals surface area (Å²) in [7, 11) is 0. The second kappa shape index (κ2) is 9.87. The molecule has 1 N–H and O–H groups in total. The minimum Gasteiger partial charge on any atom is -0.321 e. The molecule has 0 bridgehead atoms. The number of nitrogens with zero attached hydrogens (tertiary/aromatic N) is 2. The summed E-state index contributed by atoms with van der Waals surface area (Å²) in [6, 6.07) is 18.2. The summed E-state index contributed by atoms with van der Waals surface area (Å²) < 4.78 is 15.2. The molecular weight excluding hydrogens is 413 g/mol. The number of hydrogen-bond acceptors (Lipinski definition) is 2. The van der Waals surface area contributed by atoms with Crippen LogP contribution in [0.4, 0.5) is 10.1 Å². The first-order valence-corrected chi connectivity index (χ1v) is 11.4. The molecule has 0 unspecified atom stereocenters. The Morgan fingerprint density at radius 1 is 1.06 bits per heavy atom. The summed E-state index contributed by atoms with van der Waals surface area (Å²) in [5.41, 5.74) is 5.71. The fourth-order valence-electron chi connectivity index (χ4n) is 4.70. The van der Waals surface area contributed by atoms with E-state index < -0.39 is 5.91 Å². The van der Waals surface area contributed by atoms with Gasteiger partial charge in [0.05, 0.1) is 0 Å². The molecule has 1 fully saturated rings. The van der Waals surface area contributed by atoms with Gasteiger partial charge in [-0.15, -0.1) is 0 Å². The largest absolute Gasteiger partial charge is 0.321 e. The molecule has 0 aliphatic heterocycles. The number of halogens is 1. The number of anilines is 1. The summed E-state index contributed by atoms with van der Waals surface area (Å²) in [6.45, 7) is 4.00. The predicted molar refractivity (Wildman–Crippen MR) is 130 cm³/mol. The van der Waals surface area contributed by atoms with Gasteiger partial charge in [0.25, 0.3) is 5.91 Å². The van der Waals surface area contributed by atoms with Crippen LogP contribution in [0.2, 0.25) is 0 Å². The second-order valence-corrected chi connectivity index (χ2v) is 8.72. The van der Waals surface area contributed by atoms with Gasteiger partial charge in [0.2, 0.25) is 0 Å². The van der Waals surface area contributed by atoms with E-state index in [-0.39, 0.29) is 11.4 Å². The van der Waals surface area contributed by atoms with Crippen molar-refractivity contribution in [3.05, 3.63) is 88.5 Å². The maximum atomic E-state index is 13.1. The molecule has 0 saturated heterocycles. The molecule has 33 heavy (non-hydrogen) atoms. The number of rotatable bonds is 5. The second-order valence-electron chi connectivity index (χ2n) is 8.72. The number of carbonyl (C=O) groups is 1. The molecule has 1 aliphatic carbocycles. The van der Waals surface area contributed by atoms with E-state index in [0.717, 1.165) is 22.6 Å². The van der Waals surface area contributed by atoms with Gasteiger partial charge in [-0.2, -0.15) is 5.26 Å². The predicted octanol–water partition coefficient (Wildman–Crippen LogP) is 6.83. The Labute approximate surface area is 194 Å². The molecule has 1 aliphatic rings. The third kappa shape index (κ3) is 5.06. The lowest BCUT2D eigenvalue weighted by Crippen LogP contribution is -2.13. The Morgan fingerprint density at radius 3 is 2.36 bits per heavy atom. The normalized spacial score (nSPS) is 14.7. The number of aryl methyl sites for hydroxylation is 1. The first-order chi connectivity index (χ1) is 16.0. The highest BCUT2D eigenvalue weighted by molar-refractivity contribution is 6.09. The van der Waals surface area contributed by atoms with E-state index in [1.54, 1.807) is 6.08 Å². The molecule has 1 amide bonds. The van der Waals surface area contributed by atoms with E-state index in [2.05, 4.69) is 34.1 Å². The van der Waals surface area contributed by atoms with Gasteiger partial charge in [-0.1, -0.05) is 31.4 Å². The van der Waals surface area contributed by atoms with Gasteiger partial charge in [0.1, 0.15) is 17.5 Å². The monoisotopic (exact) mass is 441 g/mol. The van der Waals surface area contributed by atoms with Crippen molar-refractivity contribution in [1.82, 2.24) is 4.57 Å². The van der Waals surface area contributed by atoms with Gasteiger partial charge in [0, 0.05) is 22.8 Å². The molecule has 0 spiro atoms. The molecule has 3 aromatic rings. The molecule has 2 aromatic carbocycles. The van der Waals surface area contributed by atoms with E-state index >= 15 is 0 Å². The van der Waals surface area contributed by atoms with Gasteiger partial charge in [-0.3, -0.25) is 4.79 Å². The molecule has 0 radical (unpaired) electrons. The van der Waals surface area contributed by atoms with Crippen molar-refractivity contribution in [2.24, 2.45) is 0 Å². The summed E-state index contributed by atoms with van der Waals surface area (Å²) in [4.78, 5) is 12.6. The van der Waals surface area contributed by atoms with Crippen LogP contribution in [0.3, 0.4) is 0 Å². The van der Waals surface area contributed by atoms with E-state index in [4.69, 9.17) is 0 Å². The van der Waals surface area contributed by atoms with E-state index in [0.29, 0.717) is 11.6 Å². The summed E-state index contributed by atoms with van der Waals surface area (Å²) in [5, 5.41) is 12.2. The maximum Gasteiger partial charge on any atom is 0.266 e. The molecular formula is C28H28FN3O. The third-order valence-electron chi connectivity index (χ3n) is 6.47. The summed E-state index contributed by atoms with van der Waals surface area (Å²) >= 11 is 0. The van der Waals surface area contributed by atoms with Gasteiger partial charge in [-0.25, -0.2) is 4.39 Å². The Hall–Kier alpha value is -3.65. The third-order valence-corrected chi connectivity index (χ3v) is 6.47. The lowest BCUT2D eigenvalue weighted by molar-refractivity contribution is -0.112. The van der Waals surface area contributed by atoms with Crippen molar-refractivity contribution in [2.45, 2.75) is 51.9 Å². The number of nitrogens with one attached hydrogen (secondary N) is 1. The Morgan fingerprint density at radius 2 is 1.73 bits per heavy atom. The zero-order chi connectivity index (χ0) is 23.4. The average molecular weight is 442 g/mol. The van der Waals surface area contributed by atoms with Crippen LogP contribution in [0.5, 0.6) is 0 Å². The van der Waals surface area contributed by atoms with Gasteiger partial charge >= 0.3 is 0 Å². The van der Waals surface area contributed by atoms with Crippen molar-refractivity contribution in [3.8, 4) is 11.8 Å². The van der Waals surface area contributed by atoms with Crippen LogP contribution in [0.1, 0.15) is 60.5 Å². The van der Waals surface area contributed by atoms with Crippen molar-refractivity contribution in [1.29, 1.82) is 5.26 Å². The number of benzene rings is 2. The smallest absolute Gasteiger partial charge is 0.266 e. The van der Waals surface area contributed by atoms with E-state index in [1.165, 1.54) is 61.9 Å². The number of amides is 1. The quantitative estimate of drug-likeness (QED) is 0.349. The highest BCUT2D eigenvalue weighted by Crippen LogP contribution is 2.33. The average Bonchev–Trinajstić information content (AvgIpc) is 3.12. The van der Waals surface area contributed by atoms with Crippen LogP contribution in [-0.4, -0.2) is 10.5 Å². The standard InChI is InChI=1S/C28H28FN3O/c1-19-16-23(17-24(18-30)28(33)31-26-12-10-25(29)11-13-26)20(2)32(19)27-14-8-22(9-15-27)21-6-4-3-5-7-21/h8-17,21H,3-7H2,1-2H3,(H,31,33). The summed E-state index contributed by atoms with van der Waals surface area (Å²) in [5.74, 6) is -0.245. The Bertz CT molecular complexity index is 1210. The molecule has 1 aromatic heterocycles. The molecule has 168 valence electrons. The SMILES string of the molecule is Cc1cc(C=C(C#N)C(=O)Nc2ccc(F)cc2)c(C)n1-c1ccc(C2CCCCC2)cc1. The van der Waals surface area contributed by atoms with E-state index in [9.17, 15) is 14.4 Å². The zero-order valence-corrected chi connectivity index (χ0v) is 19.1. The molecule has 4 nitrogen and oxygen atoms in total. The van der Waals surface area contributed by atoms with Crippen LogP contribution in [0.25, 0.3) is 11.8 Å². The zero-order valence-electron chi connectivity index (χ0n) is 19.1. The number of hydrogen-bond donors (Lipinski definition) is 1. The van der Waals surface area contributed by atoms with Crippen molar-refractivity contribution in [3.63, 3.8) is 0 Å². The van der Waals surface area contributed by atoms with Crippen molar-refractivity contribution < 1.29 is 9.18 Å². The number of carbonyl (C=O) groups excluding carboxylic acids is 1. The van der Waals surface area contributed by atoms with Gasteiger partial charge in [0.15, 0.2) is 0 Å². The van der Waals surface area contributed by atoms with Crippen LogP contribution in [0.15, 0.2) is 60.2 Å². The molecule has 5 heteroatoms. The lowest BCUT2D eigenvalue weighted by atomic mass is 9.84. The number of aromatic nitrogens is 1. The molecule has 0 atom stereocenters. The van der Waals surface area contributed by atoms with Gasteiger partial charge in [-0.05, 0) is 92.3 Å². The fraction of sp³-hybridized carbons (Fsp3) is 0.286. The maximum absolute atomic E-state index is 13.1. The highest BCUT2D eigenvalue weighted by Gasteiger charge is 2.17. The topological polar surface area (TPSA) is 57.8 Å². The summed E-state index contributed by atoms with van der Waals surface area (Å²) in [6.07, 6.45) is 8.12. The highest BCUT2D eigenvalue weighted by atomic mass is 19.1. The molecule has 4 rings (SSSR count). The van der Waals surface area contributed by atoms with E-state index in [1.807, 2.05) is 26.0 Å². The number of nitriles is 1. The Kier molecular flexibility index (Phi) is 6.74. The van der Waals surface area contributed by atoms with Crippen LogP contribution in [0, 0.1) is 31.0 Å². The van der Waals surface area contributed by atoms with Crippen LogP contribution in [-0.2, 0) is 4.79 Å². The Balaban J connectivity index is 1.57. The first kappa shape index (κ1) is 22.5. The van der Waals surface area contributed by atoms with Crippen LogP contribution >= 0.6 is 0 Å². The minimum atomic E-state index is -0.522. The first-order valence-electron chi connectivity index (χ1n) is 11.4. The van der Waals surface area contributed by atoms with Crippen molar-refractivity contribution >= 4 is 17.7 Å². The molecule has 1 saturated carbocycles.